The molecule has 1 aliphatic heterocycles. The van der Waals surface area contributed by atoms with Crippen molar-refractivity contribution in [1.82, 2.24) is 36.0 Å². The van der Waals surface area contributed by atoms with Gasteiger partial charge in [-0.2, -0.15) is 5.10 Å². The Kier molecular flexibility index (Phi) is 35.2. The number of alkyl halides is 1. The van der Waals surface area contributed by atoms with Crippen molar-refractivity contribution in [2.24, 2.45) is 5.10 Å². The molecule has 3 aromatic carbocycles. The molecule has 0 bridgehead atoms. The van der Waals surface area contributed by atoms with Gasteiger partial charge in [0.15, 0.2) is 37.7 Å². The molecule has 324 valence electrons. The van der Waals surface area contributed by atoms with Crippen molar-refractivity contribution in [1.29, 1.82) is 0 Å². The number of allylic oxidation sites excluding steroid dienone is 1. The zero-order valence-electron chi connectivity index (χ0n) is 33.0. The standard InChI is InChI=1S/C11H8ClN3.C11H6ClN3.C7H6BNO2.C4H2Cl2N2.C4H2ClIN2.C2H4O2.2HI.Na/c2*1-13-9-4-2-3-8(7-9)10-5-6-11(12)15-14-10;1-9-7-4-2-3-6(5-7)8(10)11;2*5-3-1-2-4(6)8-7-3;1-2(3)4;;;/h2-7,11,15H;2-7H;2-5,10-11H;2*1-2H;1H3,(H,3,4);2*1H;/q;;;;;;;;+1/p-1. The maximum atomic E-state index is 9.00. The molecule has 0 aliphatic carbocycles. The normalized spacial score (nSPS) is 10.9. The van der Waals surface area contributed by atoms with E-state index >= 15 is 0 Å². The van der Waals surface area contributed by atoms with Crippen LogP contribution in [0.3, 0.4) is 0 Å². The molecule has 25 heteroatoms. The summed E-state index contributed by atoms with van der Waals surface area (Å²) in [5.74, 6) is -0.833. The fraction of sp³-hybridized carbons (Fsp3) is 0.0513. The van der Waals surface area contributed by atoms with E-state index < -0.39 is 13.1 Å². The summed E-state index contributed by atoms with van der Waals surface area (Å²) in [7, 11) is -1.49. The SMILES string of the molecule is CC(=O)O.Clc1ccc(Cl)nn1.Clc1ccc(I)nn1.I.[C-]#[N+]c1cccc(-c2ccc(Cl)nn2)c1.[C-]#[N+]c1cccc(B(O)O)c1.[C-]#[N+]c1cccc(C2=NNC(Cl)C=C2)c1.[I-].[Na+]. The van der Waals surface area contributed by atoms with Crippen molar-refractivity contribution in [3.05, 3.63) is 185 Å². The molecule has 1 atom stereocenters. The summed E-state index contributed by atoms with van der Waals surface area (Å²) in [5, 5.41) is 52.3. The predicted octanol–water partition coefficient (Wildman–Crippen LogP) is 4.17. The van der Waals surface area contributed by atoms with Gasteiger partial charge in [-0.3, -0.25) is 10.2 Å². The summed E-state index contributed by atoms with van der Waals surface area (Å²) < 4.78 is 0.854. The van der Waals surface area contributed by atoms with Gasteiger partial charge in [-0.25, -0.2) is 14.5 Å². The first-order valence-corrected chi connectivity index (χ1v) is 19.6. The van der Waals surface area contributed by atoms with Crippen LogP contribution in [0.4, 0.5) is 17.1 Å². The third-order valence-electron chi connectivity index (χ3n) is 6.40. The topological polar surface area (TPSA) is 193 Å². The molecule has 4 heterocycles. The summed E-state index contributed by atoms with van der Waals surface area (Å²) in [6.45, 7) is 21.5. The van der Waals surface area contributed by atoms with Crippen LogP contribution >= 0.6 is 105 Å². The largest absolute Gasteiger partial charge is 1.00 e. The third-order valence-corrected chi connectivity index (χ3v) is 8.03. The summed E-state index contributed by atoms with van der Waals surface area (Å²) in [5.41, 5.74) is 7.74. The minimum absolute atomic E-state index is 0. The Morgan fingerprint density at radius 2 is 1.11 bits per heavy atom. The Bertz CT molecular complexity index is 2430. The van der Waals surface area contributed by atoms with E-state index in [4.69, 9.17) is 97.7 Å². The van der Waals surface area contributed by atoms with Gasteiger partial charge in [-0.1, -0.05) is 119 Å². The van der Waals surface area contributed by atoms with Crippen molar-refractivity contribution >= 4 is 146 Å². The first kappa shape index (κ1) is 62.8. The monoisotopic (exact) mass is 1300 g/mol. The minimum atomic E-state index is -1.49. The smallest absolute Gasteiger partial charge is 1.00 e. The number of benzene rings is 3. The summed E-state index contributed by atoms with van der Waals surface area (Å²) >= 11 is 29.7. The number of aliphatic carboxylic acids is 1. The van der Waals surface area contributed by atoms with E-state index in [-0.39, 0.29) is 83.0 Å². The Hall–Kier alpha value is -3.33. The van der Waals surface area contributed by atoms with Crippen molar-refractivity contribution < 1.29 is 73.5 Å². The Balaban J connectivity index is 0. The molecule has 4 N–H and O–H groups in total. The maximum absolute atomic E-state index is 9.00. The molecule has 1 unspecified atom stereocenters. The third kappa shape index (κ3) is 27.2. The van der Waals surface area contributed by atoms with E-state index in [1.165, 1.54) is 6.07 Å². The van der Waals surface area contributed by atoms with E-state index in [9.17, 15) is 0 Å². The molecule has 0 fully saturated rings. The Morgan fingerprint density at radius 3 is 1.50 bits per heavy atom. The van der Waals surface area contributed by atoms with Crippen LogP contribution in [-0.4, -0.2) is 70.0 Å². The first-order chi connectivity index (χ1) is 29.1. The van der Waals surface area contributed by atoms with Gasteiger partial charge in [0.05, 0.1) is 31.1 Å². The zero-order chi connectivity index (χ0) is 45.2. The van der Waals surface area contributed by atoms with Crippen LogP contribution in [0.25, 0.3) is 25.8 Å². The molecular formula is C39H29BCl5I3N11NaO4. The van der Waals surface area contributed by atoms with E-state index in [2.05, 4.69) is 78.2 Å². The van der Waals surface area contributed by atoms with Gasteiger partial charge < -0.3 is 39.1 Å². The van der Waals surface area contributed by atoms with Crippen LogP contribution < -0.4 is 64.4 Å². The van der Waals surface area contributed by atoms with Crippen LogP contribution in [-0.2, 0) is 4.79 Å². The second-order valence-corrected chi connectivity index (χ2v) is 14.0. The molecule has 7 rings (SSSR count). The van der Waals surface area contributed by atoms with Gasteiger partial charge in [0, 0.05) is 6.92 Å². The van der Waals surface area contributed by atoms with E-state index in [1.807, 2.05) is 36.4 Å². The molecule has 6 aromatic rings. The first-order valence-electron chi connectivity index (χ1n) is 16.6. The number of carboxylic acids is 1. The molecule has 1 aliphatic rings. The Labute approximate surface area is 464 Å². The molecule has 0 radical (unpaired) electrons. The van der Waals surface area contributed by atoms with Gasteiger partial charge in [0.25, 0.3) is 5.97 Å². The fourth-order valence-corrected chi connectivity index (χ4v) is 4.65. The van der Waals surface area contributed by atoms with Crippen LogP contribution in [0.15, 0.2) is 126 Å². The summed E-state index contributed by atoms with van der Waals surface area (Å²) in [6.07, 6.45) is 3.66. The van der Waals surface area contributed by atoms with Gasteiger partial charge in [0.2, 0.25) is 0 Å². The molecule has 0 saturated heterocycles. The van der Waals surface area contributed by atoms with Gasteiger partial charge in [-0.15, -0.1) is 54.6 Å². The van der Waals surface area contributed by atoms with Crippen molar-refractivity contribution in [2.45, 2.75) is 12.4 Å². The second kappa shape index (κ2) is 35.9. The van der Waals surface area contributed by atoms with Crippen molar-refractivity contribution in [2.75, 3.05) is 0 Å². The van der Waals surface area contributed by atoms with Gasteiger partial charge in [0.1, 0.15) is 9.20 Å². The second-order valence-electron chi connectivity index (χ2n) is 10.9. The van der Waals surface area contributed by atoms with Crippen LogP contribution in [0.1, 0.15) is 12.5 Å². The number of hydrogen-bond acceptors (Lipinski definition) is 11. The van der Waals surface area contributed by atoms with Crippen molar-refractivity contribution in [3.8, 4) is 11.3 Å². The summed E-state index contributed by atoms with van der Waals surface area (Å²) in [6, 6.07) is 30.9. The number of hydrazone groups is 1. The quantitative estimate of drug-likeness (QED) is 0.0655. The molecule has 3 aromatic heterocycles. The average molecular weight is 1310 g/mol. The van der Waals surface area contributed by atoms with E-state index in [0.29, 0.717) is 48.8 Å². The molecule has 0 spiro atoms. The van der Waals surface area contributed by atoms with E-state index in [1.54, 1.807) is 78.9 Å². The number of rotatable bonds is 3. The van der Waals surface area contributed by atoms with Crippen LogP contribution in [0, 0.1) is 23.4 Å². The van der Waals surface area contributed by atoms with Gasteiger partial charge in [-0.05, 0) is 99.9 Å². The molecule has 0 amide bonds. The summed E-state index contributed by atoms with van der Waals surface area (Å²) in [4.78, 5) is 18.9. The number of halogens is 8. The predicted molar refractivity (Wildman–Crippen MR) is 263 cm³/mol. The number of hydrogen-bond donors (Lipinski definition) is 4. The molecule has 0 saturated carbocycles. The molecule has 64 heavy (non-hydrogen) atoms. The minimum Gasteiger partial charge on any atom is -1.00 e. The van der Waals surface area contributed by atoms with Crippen molar-refractivity contribution in [3.63, 3.8) is 0 Å². The zero-order valence-corrected chi connectivity index (χ0v) is 45.4. The maximum Gasteiger partial charge on any atom is 1.00 e. The van der Waals surface area contributed by atoms with Crippen LogP contribution in [0.2, 0.25) is 20.6 Å². The number of aromatic nitrogens is 6. The van der Waals surface area contributed by atoms with Gasteiger partial charge >= 0.3 is 36.7 Å². The van der Waals surface area contributed by atoms with E-state index in [0.717, 1.165) is 27.5 Å². The fourth-order valence-electron chi connectivity index (χ4n) is 3.84. The number of nitrogens with one attached hydrogen (secondary N) is 1. The Morgan fingerprint density at radius 1 is 0.688 bits per heavy atom. The number of nitrogens with zero attached hydrogens (tertiary/aromatic N) is 10. The molecular weight excluding hydrogens is 1280 g/mol. The van der Waals surface area contributed by atoms with Crippen LogP contribution in [0.5, 0.6) is 0 Å². The average Bonchev–Trinajstić information content (AvgIpc) is 3.27. The molecule has 15 nitrogen and oxygen atoms in total. The number of carbonyl (C=O) groups is 1. The number of carboxylic acid groups (broad SMARTS) is 1.